The second-order valence-electron chi connectivity index (χ2n) is 14.0. The first-order valence-corrected chi connectivity index (χ1v) is 19.6. The highest BCUT2D eigenvalue weighted by molar-refractivity contribution is 7.26. The third kappa shape index (κ3) is 5.32. The predicted octanol–water partition coefficient (Wildman–Crippen LogP) is 13.7. The lowest BCUT2D eigenvalue weighted by Gasteiger charge is -2.17. The van der Waals surface area contributed by atoms with E-state index >= 15 is 0 Å². The number of hydrogen-bond donors (Lipinski definition) is 0. The lowest BCUT2D eigenvalue weighted by molar-refractivity contribution is 1.07. The second kappa shape index (κ2) is 13.3. The Bertz CT molecular complexity index is 3200. The summed E-state index contributed by atoms with van der Waals surface area (Å²) < 4.78 is 4.76. The van der Waals surface area contributed by atoms with Gasteiger partial charge in [-0.05, 0) is 58.7 Å². The molecule has 0 aliphatic rings. The lowest BCUT2D eigenvalue weighted by atomic mass is 9.98. The standard InChI is InChI=1S/C51H32N4S/c1-3-16-33(17-4-1)35-30-31-46(55-44-27-12-9-21-37(44)38-22-10-13-28-45(38)55)43(32-35)51-53-49(41-24-8-7-20-36(41)34-18-5-2-6-19-34)52-50(54-51)42-26-15-25-40-39-23-11-14-29-47(39)56-48(40)42/h1-32H. The van der Waals surface area contributed by atoms with Gasteiger partial charge < -0.3 is 4.57 Å². The van der Waals surface area contributed by atoms with Crippen molar-refractivity contribution >= 4 is 53.3 Å². The zero-order chi connectivity index (χ0) is 37.0. The van der Waals surface area contributed by atoms with Gasteiger partial charge in [-0.2, -0.15) is 0 Å². The van der Waals surface area contributed by atoms with Crippen LogP contribution in [0.15, 0.2) is 194 Å². The van der Waals surface area contributed by atoms with Crippen molar-refractivity contribution in [2.75, 3.05) is 0 Å². The van der Waals surface area contributed by atoms with Crippen molar-refractivity contribution in [2.45, 2.75) is 0 Å². The largest absolute Gasteiger partial charge is 0.309 e. The van der Waals surface area contributed by atoms with Gasteiger partial charge in [0.2, 0.25) is 0 Å². The van der Waals surface area contributed by atoms with E-state index in [0.29, 0.717) is 17.5 Å². The van der Waals surface area contributed by atoms with Crippen molar-refractivity contribution in [1.82, 2.24) is 19.5 Å². The Balaban J connectivity index is 1.24. The zero-order valence-corrected chi connectivity index (χ0v) is 31.0. The molecule has 0 atom stereocenters. The van der Waals surface area contributed by atoms with Crippen molar-refractivity contribution < 1.29 is 0 Å². The molecule has 3 heterocycles. The quantitative estimate of drug-likeness (QED) is 0.171. The Kier molecular flexibility index (Phi) is 7.64. The van der Waals surface area contributed by atoms with Crippen LogP contribution in [0.3, 0.4) is 0 Å². The minimum absolute atomic E-state index is 0.612. The molecule has 8 aromatic carbocycles. The van der Waals surface area contributed by atoms with Crippen molar-refractivity contribution in [3.8, 4) is 62.1 Å². The number of fused-ring (bicyclic) bond motifs is 6. The van der Waals surface area contributed by atoms with Gasteiger partial charge in [0.25, 0.3) is 0 Å². The normalized spacial score (nSPS) is 11.6. The Morgan fingerprint density at radius 1 is 0.339 bits per heavy atom. The molecule has 0 amide bonds. The van der Waals surface area contributed by atoms with E-state index < -0.39 is 0 Å². The van der Waals surface area contributed by atoms with Crippen LogP contribution in [0.25, 0.3) is 104 Å². The molecule has 262 valence electrons. The Labute approximate surface area is 327 Å². The molecule has 11 aromatic rings. The molecule has 0 saturated carbocycles. The third-order valence-corrected chi connectivity index (χ3v) is 11.9. The fraction of sp³-hybridized carbons (Fsp3) is 0. The third-order valence-electron chi connectivity index (χ3n) is 10.7. The summed E-state index contributed by atoms with van der Waals surface area (Å²) in [4.78, 5) is 16.3. The number of thiophene rings is 1. The maximum atomic E-state index is 5.46. The number of hydrogen-bond acceptors (Lipinski definition) is 4. The molecule has 0 bridgehead atoms. The highest BCUT2D eigenvalue weighted by Crippen LogP contribution is 2.42. The van der Waals surface area contributed by atoms with Gasteiger partial charge in [-0.1, -0.05) is 158 Å². The summed E-state index contributed by atoms with van der Waals surface area (Å²) >= 11 is 1.79. The van der Waals surface area contributed by atoms with Crippen LogP contribution in [0, 0.1) is 0 Å². The minimum atomic E-state index is 0.612. The summed E-state index contributed by atoms with van der Waals surface area (Å²) in [7, 11) is 0. The van der Waals surface area contributed by atoms with Gasteiger partial charge in [0, 0.05) is 47.6 Å². The molecule has 0 N–H and O–H groups in total. The summed E-state index contributed by atoms with van der Waals surface area (Å²) in [5, 5.41) is 4.84. The first-order chi connectivity index (χ1) is 27.8. The van der Waals surface area contributed by atoms with Gasteiger partial charge in [0.1, 0.15) is 0 Å². The first-order valence-electron chi connectivity index (χ1n) is 18.8. The van der Waals surface area contributed by atoms with Crippen LogP contribution in [-0.2, 0) is 0 Å². The van der Waals surface area contributed by atoms with E-state index in [-0.39, 0.29) is 0 Å². The van der Waals surface area contributed by atoms with Crippen molar-refractivity contribution in [3.05, 3.63) is 194 Å². The van der Waals surface area contributed by atoms with Gasteiger partial charge in [-0.3, -0.25) is 0 Å². The highest BCUT2D eigenvalue weighted by Gasteiger charge is 2.22. The smallest absolute Gasteiger partial charge is 0.166 e. The molecular formula is C51H32N4S. The molecule has 0 radical (unpaired) electrons. The summed E-state index contributed by atoms with van der Waals surface area (Å²) in [5.74, 6) is 1.88. The summed E-state index contributed by atoms with van der Waals surface area (Å²) in [5.41, 5.74) is 10.5. The van der Waals surface area contributed by atoms with Gasteiger partial charge in [-0.25, -0.2) is 15.0 Å². The maximum Gasteiger partial charge on any atom is 0.166 e. The van der Waals surface area contributed by atoms with E-state index in [1.165, 1.54) is 26.2 Å². The molecule has 56 heavy (non-hydrogen) atoms. The summed E-state index contributed by atoms with van der Waals surface area (Å²) in [6.07, 6.45) is 0. The van der Waals surface area contributed by atoms with Gasteiger partial charge in [0.15, 0.2) is 17.5 Å². The van der Waals surface area contributed by atoms with Crippen LogP contribution in [0.1, 0.15) is 0 Å². The molecule has 0 aliphatic carbocycles. The molecule has 0 unspecified atom stereocenters. The second-order valence-corrected chi connectivity index (χ2v) is 15.0. The molecule has 5 heteroatoms. The average Bonchev–Trinajstić information content (AvgIpc) is 3.83. The average molecular weight is 733 g/mol. The Hall–Kier alpha value is -7.21. The van der Waals surface area contributed by atoms with Crippen molar-refractivity contribution in [3.63, 3.8) is 0 Å². The van der Waals surface area contributed by atoms with Gasteiger partial charge >= 0.3 is 0 Å². The van der Waals surface area contributed by atoms with Gasteiger partial charge in [0.05, 0.1) is 16.7 Å². The maximum absolute atomic E-state index is 5.46. The molecule has 0 fully saturated rings. The van der Waals surface area contributed by atoms with E-state index in [1.807, 2.05) is 6.07 Å². The molecule has 0 saturated heterocycles. The van der Waals surface area contributed by atoms with Crippen LogP contribution >= 0.6 is 11.3 Å². The number of rotatable bonds is 6. The topological polar surface area (TPSA) is 43.6 Å². The molecule has 3 aromatic heterocycles. The Morgan fingerprint density at radius 2 is 0.857 bits per heavy atom. The zero-order valence-electron chi connectivity index (χ0n) is 30.2. The van der Waals surface area contributed by atoms with Crippen molar-refractivity contribution in [2.24, 2.45) is 0 Å². The van der Waals surface area contributed by atoms with E-state index in [0.717, 1.165) is 60.4 Å². The fourth-order valence-electron chi connectivity index (χ4n) is 8.11. The first kappa shape index (κ1) is 32.2. The fourth-order valence-corrected chi connectivity index (χ4v) is 9.32. The highest BCUT2D eigenvalue weighted by atomic mass is 32.1. The number of benzene rings is 8. The van der Waals surface area contributed by atoms with E-state index in [9.17, 15) is 0 Å². The number of para-hydroxylation sites is 2. The monoisotopic (exact) mass is 732 g/mol. The SMILES string of the molecule is c1ccc(-c2ccc(-n3c4ccccc4c4ccccc43)c(-c3nc(-c4ccccc4-c4ccccc4)nc(-c4cccc5c4sc4ccccc45)n3)c2)cc1. The van der Waals surface area contributed by atoms with Crippen molar-refractivity contribution in [1.29, 1.82) is 0 Å². The van der Waals surface area contributed by atoms with Crippen LogP contribution in [-0.4, -0.2) is 19.5 Å². The number of aromatic nitrogens is 4. The summed E-state index contributed by atoms with van der Waals surface area (Å²) in [6.45, 7) is 0. The molecule has 0 spiro atoms. The van der Waals surface area contributed by atoms with E-state index in [1.54, 1.807) is 11.3 Å². The molecular weight excluding hydrogens is 701 g/mol. The van der Waals surface area contributed by atoms with E-state index in [4.69, 9.17) is 15.0 Å². The predicted molar refractivity (Wildman–Crippen MR) is 234 cm³/mol. The summed E-state index contributed by atoms with van der Waals surface area (Å²) in [6, 6.07) is 68.5. The minimum Gasteiger partial charge on any atom is -0.309 e. The van der Waals surface area contributed by atoms with Crippen LogP contribution < -0.4 is 0 Å². The lowest BCUT2D eigenvalue weighted by Crippen LogP contribution is -2.04. The molecule has 4 nitrogen and oxygen atoms in total. The van der Waals surface area contributed by atoms with E-state index in [2.05, 4.69) is 193 Å². The van der Waals surface area contributed by atoms with Crippen LogP contribution in [0.2, 0.25) is 0 Å². The van der Waals surface area contributed by atoms with Crippen LogP contribution in [0.4, 0.5) is 0 Å². The van der Waals surface area contributed by atoms with Gasteiger partial charge in [-0.15, -0.1) is 11.3 Å². The number of nitrogens with zero attached hydrogens (tertiary/aromatic N) is 4. The molecule has 0 aliphatic heterocycles. The molecule has 11 rings (SSSR count). The van der Waals surface area contributed by atoms with Crippen LogP contribution in [0.5, 0.6) is 0 Å². The Morgan fingerprint density at radius 3 is 1.57 bits per heavy atom.